The monoisotopic (exact) mass is 286 g/mol. The molecule has 0 radical (unpaired) electrons. The van der Waals surface area contributed by atoms with E-state index in [0.29, 0.717) is 13.1 Å². The van der Waals surface area contributed by atoms with Gasteiger partial charge in [0.05, 0.1) is 0 Å². The van der Waals surface area contributed by atoms with Crippen LogP contribution in [0.5, 0.6) is 0 Å². The molecule has 4 nitrogen and oxygen atoms in total. The molecule has 0 aromatic rings. The summed E-state index contributed by atoms with van der Waals surface area (Å²) < 4.78 is 29.2. The van der Waals surface area contributed by atoms with Gasteiger partial charge in [-0.25, -0.2) is 0 Å². The molecule has 110 valence electrons. The van der Waals surface area contributed by atoms with Crippen molar-refractivity contribution < 1.29 is 8.42 Å². The summed E-state index contributed by atoms with van der Waals surface area (Å²) in [5.41, 5.74) is 1.25. The van der Waals surface area contributed by atoms with Gasteiger partial charge in [-0.3, -0.25) is 0 Å². The number of hydrogen-bond acceptors (Lipinski definition) is 2. The highest BCUT2D eigenvalue weighted by Gasteiger charge is 2.25. The van der Waals surface area contributed by atoms with Gasteiger partial charge in [-0.15, -0.1) is 0 Å². The van der Waals surface area contributed by atoms with Gasteiger partial charge in [0, 0.05) is 19.1 Å². The van der Waals surface area contributed by atoms with E-state index in [4.69, 9.17) is 0 Å². The molecule has 1 aliphatic carbocycles. The van der Waals surface area contributed by atoms with Crippen LogP contribution in [0.25, 0.3) is 0 Å². The largest absolute Gasteiger partial charge is 0.279 e. The molecule has 1 unspecified atom stereocenters. The number of hydrogen-bond donors (Lipinski definition) is 1. The molecular weight excluding hydrogens is 260 g/mol. The van der Waals surface area contributed by atoms with E-state index in [1.165, 1.54) is 18.4 Å². The number of rotatable bonds is 4. The maximum atomic E-state index is 12.4. The van der Waals surface area contributed by atoms with Crippen molar-refractivity contribution in [3.8, 4) is 0 Å². The Hall–Kier alpha value is -0.390. The summed E-state index contributed by atoms with van der Waals surface area (Å²) in [6.07, 6.45) is 11.0. The SMILES string of the molecule is CC(NS(=O)(=O)N1CCCCCC1)C1=CCCCC1. The summed E-state index contributed by atoms with van der Waals surface area (Å²) in [6, 6.07) is -0.0615. The first-order valence-corrected chi connectivity index (χ1v) is 9.00. The molecular formula is C14H26N2O2S. The third-order valence-electron chi connectivity index (χ3n) is 4.11. The average Bonchev–Trinajstić information content (AvgIpc) is 2.68. The Labute approximate surface area is 117 Å². The predicted molar refractivity (Wildman–Crippen MR) is 78.1 cm³/mol. The first-order valence-electron chi connectivity index (χ1n) is 7.56. The Morgan fingerprint density at radius 2 is 1.79 bits per heavy atom. The van der Waals surface area contributed by atoms with Crippen LogP contribution in [-0.2, 0) is 10.2 Å². The van der Waals surface area contributed by atoms with Crippen LogP contribution in [0.4, 0.5) is 0 Å². The predicted octanol–water partition coefficient (Wildman–Crippen LogP) is 2.59. The molecule has 5 heteroatoms. The maximum absolute atomic E-state index is 12.4. The summed E-state index contributed by atoms with van der Waals surface area (Å²) in [7, 11) is -3.31. The molecule has 1 heterocycles. The highest BCUT2D eigenvalue weighted by atomic mass is 32.2. The molecule has 2 aliphatic rings. The number of nitrogens with one attached hydrogen (secondary N) is 1. The van der Waals surface area contributed by atoms with Gasteiger partial charge in [0.15, 0.2) is 0 Å². The first-order chi connectivity index (χ1) is 9.09. The Morgan fingerprint density at radius 3 is 2.37 bits per heavy atom. The molecule has 0 bridgehead atoms. The van der Waals surface area contributed by atoms with Gasteiger partial charge in [0.2, 0.25) is 0 Å². The van der Waals surface area contributed by atoms with Crippen molar-refractivity contribution >= 4 is 10.2 Å². The fraction of sp³-hybridized carbons (Fsp3) is 0.857. The molecule has 19 heavy (non-hydrogen) atoms. The molecule has 0 aromatic carbocycles. The van der Waals surface area contributed by atoms with Crippen LogP contribution < -0.4 is 4.72 Å². The van der Waals surface area contributed by atoms with Crippen molar-refractivity contribution in [2.24, 2.45) is 0 Å². The lowest BCUT2D eigenvalue weighted by molar-refractivity contribution is 0.411. The fourth-order valence-corrected chi connectivity index (χ4v) is 4.40. The van der Waals surface area contributed by atoms with Crippen LogP contribution in [0.15, 0.2) is 11.6 Å². The lowest BCUT2D eigenvalue weighted by Crippen LogP contribution is -2.45. The standard InChI is InChI=1S/C14H26N2O2S/c1-13(14-9-5-4-6-10-14)15-19(17,18)16-11-7-2-3-8-12-16/h9,13,15H,2-8,10-12H2,1H3. The molecule has 1 atom stereocenters. The molecule has 1 N–H and O–H groups in total. The topological polar surface area (TPSA) is 49.4 Å². The van der Waals surface area contributed by atoms with E-state index in [1.807, 2.05) is 6.92 Å². The lowest BCUT2D eigenvalue weighted by atomic mass is 9.95. The van der Waals surface area contributed by atoms with Gasteiger partial charge in [0.25, 0.3) is 10.2 Å². The van der Waals surface area contributed by atoms with E-state index in [0.717, 1.165) is 38.5 Å². The maximum Gasteiger partial charge on any atom is 0.279 e. The summed E-state index contributed by atoms with van der Waals surface area (Å²) in [5.74, 6) is 0. The van der Waals surface area contributed by atoms with E-state index >= 15 is 0 Å². The van der Waals surface area contributed by atoms with E-state index in [1.54, 1.807) is 4.31 Å². The lowest BCUT2D eigenvalue weighted by Gasteiger charge is -2.25. The third-order valence-corrected chi connectivity index (χ3v) is 5.81. The van der Waals surface area contributed by atoms with Crippen LogP contribution >= 0.6 is 0 Å². The van der Waals surface area contributed by atoms with Gasteiger partial charge >= 0.3 is 0 Å². The molecule has 0 saturated carbocycles. The second-order valence-corrected chi connectivity index (χ2v) is 7.38. The number of nitrogens with zero attached hydrogens (tertiary/aromatic N) is 1. The smallest absolute Gasteiger partial charge is 0.195 e. The molecule has 0 spiro atoms. The summed E-state index contributed by atoms with van der Waals surface area (Å²) in [6.45, 7) is 3.30. The van der Waals surface area contributed by atoms with Gasteiger partial charge in [-0.2, -0.15) is 17.4 Å². The van der Waals surface area contributed by atoms with Crippen LogP contribution in [0.3, 0.4) is 0 Å². The third kappa shape index (κ3) is 4.29. The van der Waals surface area contributed by atoms with Gasteiger partial charge < -0.3 is 0 Å². The highest BCUT2D eigenvalue weighted by Crippen LogP contribution is 2.21. The van der Waals surface area contributed by atoms with Gasteiger partial charge in [0.1, 0.15) is 0 Å². The second-order valence-electron chi connectivity index (χ2n) is 5.68. The zero-order valence-corrected chi connectivity index (χ0v) is 12.7. The van der Waals surface area contributed by atoms with Crippen molar-refractivity contribution in [3.63, 3.8) is 0 Å². The van der Waals surface area contributed by atoms with Crippen molar-refractivity contribution in [1.82, 2.24) is 9.03 Å². The minimum absolute atomic E-state index is 0.0615. The van der Waals surface area contributed by atoms with E-state index in [-0.39, 0.29) is 6.04 Å². The molecule has 1 aliphatic heterocycles. The molecule has 0 aromatic heterocycles. The summed E-state index contributed by atoms with van der Waals surface area (Å²) in [4.78, 5) is 0. The average molecular weight is 286 g/mol. The van der Waals surface area contributed by atoms with Crippen molar-refractivity contribution in [2.45, 2.75) is 64.3 Å². The number of allylic oxidation sites excluding steroid dienone is 1. The molecule has 0 amide bonds. The quantitative estimate of drug-likeness (QED) is 0.808. The van der Waals surface area contributed by atoms with Crippen molar-refractivity contribution in [1.29, 1.82) is 0 Å². The van der Waals surface area contributed by atoms with Crippen molar-refractivity contribution in [2.75, 3.05) is 13.1 Å². The second kappa shape index (κ2) is 6.86. The normalized spacial score (nSPS) is 24.6. The van der Waals surface area contributed by atoms with E-state index < -0.39 is 10.2 Å². The Morgan fingerprint density at radius 1 is 1.11 bits per heavy atom. The molecule has 2 rings (SSSR count). The highest BCUT2D eigenvalue weighted by molar-refractivity contribution is 7.87. The fourth-order valence-electron chi connectivity index (χ4n) is 2.91. The Bertz CT molecular complexity index is 409. The van der Waals surface area contributed by atoms with Crippen LogP contribution in [0.2, 0.25) is 0 Å². The van der Waals surface area contributed by atoms with Gasteiger partial charge in [-0.05, 0) is 45.4 Å². The molecule has 1 saturated heterocycles. The Kier molecular flexibility index (Phi) is 5.42. The van der Waals surface area contributed by atoms with Gasteiger partial charge in [-0.1, -0.05) is 24.5 Å². The minimum Gasteiger partial charge on any atom is -0.195 e. The first kappa shape index (κ1) is 15.0. The minimum atomic E-state index is -3.31. The van der Waals surface area contributed by atoms with E-state index in [9.17, 15) is 8.42 Å². The summed E-state index contributed by atoms with van der Waals surface area (Å²) in [5, 5.41) is 0. The zero-order valence-electron chi connectivity index (χ0n) is 11.9. The van der Waals surface area contributed by atoms with E-state index in [2.05, 4.69) is 10.8 Å². The van der Waals surface area contributed by atoms with Crippen molar-refractivity contribution in [3.05, 3.63) is 11.6 Å². The molecule has 1 fully saturated rings. The Balaban J connectivity index is 1.97. The van der Waals surface area contributed by atoms with Crippen LogP contribution in [0.1, 0.15) is 58.3 Å². The summed E-state index contributed by atoms with van der Waals surface area (Å²) >= 11 is 0. The van der Waals surface area contributed by atoms with Crippen LogP contribution in [0, 0.1) is 0 Å². The van der Waals surface area contributed by atoms with Crippen LogP contribution in [-0.4, -0.2) is 31.9 Å². The zero-order chi connectivity index (χ0) is 13.7.